The van der Waals surface area contributed by atoms with Crippen LogP contribution in [0.5, 0.6) is 0 Å². The Bertz CT molecular complexity index is 307. The Labute approximate surface area is 69.9 Å². The van der Waals surface area contributed by atoms with Crippen molar-refractivity contribution in [3.63, 3.8) is 0 Å². The first-order chi connectivity index (χ1) is 5.86. The van der Waals surface area contributed by atoms with Crippen LogP contribution in [0.3, 0.4) is 0 Å². The standard InChI is InChI=1S/C7H9N5/c1-2-12-6-7(5-10-12)3-4-9-11-8/h2,5-6H,1,3-4H2. The molecule has 0 spiro atoms. The van der Waals surface area contributed by atoms with Crippen LogP contribution in [0.25, 0.3) is 16.6 Å². The maximum Gasteiger partial charge on any atom is 0.0525 e. The third-order valence-electron chi connectivity index (χ3n) is 1.41. The van der Waals surface area contributed by atoms with Gasteiger partial charge in [-0.25, -0.2) is 4.68 Å². The van der Waals surface area contributed by atoms with Crippen LogP contribution in [0.15, 0.2) is 24.1 Å². The van der Waals surface area contributed by atoms with Gasteiger partial charge in [-0.2, -0.15) is 5.10 Å². The SMILES string of the molecule is C=Cn1cc(CCN=[N+]=[N-])cn1. The molecule has 0 radical (unpaired) electrons. The first kappa shape index (κ1) is 8.36. The number of nitrogens with zero attached hydrogens (tertiary/aromatic N) is 5. The van der Waals surface area contributed by atoms with Gasteiger partial charge in [-0.15, -0.1) is 0 Å². The van der Waals surface area contributed by atoms with E-state index in [4.69, 9.17) is 5.53 Å². The topological polar surface area (TPSA) is 66.6 Å². The molecule has 0 amide bonds. The van der Waals surface area contributed by atoms with E-state index in [-0.39, 0.29) is 0 Å². The van der Waals surface area contributed by atoms with Crippen molar-refractivity contribution in [1.82, 2.24) is 9.78 Å². The molecule has 0 aliphatic carbocycles. The summed E-state index contributed by atoms with van der Waals surface area (Å²) in [5.41, 5.74) is 9.06. The van der Waals surface area contributed by atoms with Crippen molar-refractivity contribution in [1.29, 1.82) is 0 Å². The second-order valence-corrected chi connectivity index (χ2v) is 2.22. The van der Waals surface area contributed by atoms with Crippen LogP contribution >= 0.6 is 0 Å². The summed E-state index contributed by atoms with van der Waals surface area (Å²) in [7, 11) is 0. The molecule has 0 atom stereocenters. The fourth-order valence-electron chi connectivity index (χ4n) is 0.830. The third kappa shape index (κ3) is 2.14. The lowest BCUT2D eigenvalue weighted by Gasteiger charge is -1.87. The average Bonchev–Trinajstić information content (AvgIpc) is 2.53. The van der Waals surface area contributed by atoms with Gasteiger partial charge in [0.05, 0.1) is 6.20 Å². The zero-order chi connectivity index (χ0) is 8.81. The minimum atomic E-state index is 0.472. The van der Waals surface area contributed by atoms with Gasteiger partial charge in [-0.05, 0) is 17.5 Å². The van der Waals surface area contributed by atoms with Gasteiger partial charge in [0.25, 0.3) is 0 Å². The van der Waals surface area contributed by atoms with Crippen LogP contribution in [0.4, 0.5) is 0 Å². The molecule has 0 saturated heterocycles. The molecule has 0 saturated carbocycles. The van der Waals surface area contributed by atoms with Gasteiger partial charge in [0.1, 0.15) is 0 Å². The van der Waals surface area contributed by atoms with Crippen LogP contribution in [-0.4, -0.2) is 16.3 Å². The maximum atomic E-state index is 8.02. The minimum absolute atomic E-state index is 0.472. The third-order valence-corrected chi connectivity index (χ3v) is 1.41. The summed E-state index contributed by atoms with van der Waals surface area (Å²) in [6.45, 7) is 4.03. The Morgan fingerprint density at radius 2 is 2.67 bits per heavy atom. The van der Waals surface area contributed by atoms with E-state index in [1.54, 1.807) is 17.1 Å². The molecular formula is C7H9N5. The minimum Gasteiger partial charge on any atom is -0.249 e. The number of hydrogen-bond donors (Lipinski definition) is 0. The molecule has 5 nitrogen and oxygen atoms in total. The Balaban J connectivity index is 2.52. The fraction of sp³-hybridized carbons (Fsp3) is 0.286. The zero-order valence-corrected chi connectivity index (χ0v) is 6.59. The van der Waals surface area contributed by atoms with Gasteiger partial charge in [-0.1, -0.05) is 11.7 Å². The van der Waals surface area contributed by atoms with Crippen molar-refractivity contribution in [2.45, 2.75) is 6.42 Å². The van der Waals surface area contributed by atoms with E-state index in [0.29, 0.717) is 6.54 Å². The predicted octanol–water partition coefficient (Wildman–Crippen LogP) is 1.84. The van der Waals surface area contributed by atoms with Gasteiger partial charge < -0.3 is 0 Å². The molecule has 5 heteroatoms. The van der Waals surface area contributed by atoms with Crippen LogP contribution in [-0.2, 0) is 6.42 Å². The van der Waals surface area contributed by atoms with E-state index in [2.05, 4.69) is 21.7 Å². The largest absolute Gasteiger partial charge is 0.249 e. The van der Waals surface area contributed by atoms with E-state index < -0.39 is 0 Å². The lowest BCUT2D eigenvalue weighted by Crippen LogP contribution is -1.85. The Morgan fingerprint density at radius 1 is 1.83 bits per heavy atom. The molecule has 0 aromatic carbocycles. The normalized spacial score (nSPS) is 9.00. The Hall–Kier alpha value is -1.74. The molecule has 1 aromatic rings. The molecule has 1 heterocycles. The van der Waals surface area contributed by atoms with E-state index >= 15 is 0 Å². The molecule has 0 aliphatic heterocycles. The lowest BCUT2D eigenvalue weighted by atomic mass is 10.3. The summed E-state index contributed by atoms with van der Waals surface area (Å²) in [5.74, 6) is 0. The van der Waals surface area contributed by atoms with E-state index in [9.17, 15) is 0 Å². The van der Waals surface area contributed by atoms with Crippen molar-refractivity contribution < 1.29 is 0 Å². The molecule has 62 valence electrons. The Morgan fingerprint density at radius 3 is 3.25 bits per heavy atom. The quantitative estimate of drug-likeness (QED) is 0.379. The predicted molar refractivity (Wildman–Crippen MR) is 46.3 cm³/mol. The van der Waals surface area contributed by atoms with Crippen molar-refractivity contribution in [3.8, 4) is 0 Å². The molecule has 0 fully saturated rings. The van der Waals surface area contributed by atoms with E-state index in [1.807, 2.05) is 6.20 Å². The monoisotopic (exact) mass is 163 g/mol. The summed E-state index contributed by atoms with van der Waals surface area (Å²) in [4.78, 5) is 2.66. The van der Waals surface area contributed by atoms with Crippen LogP contribution in [0.1, 0.15) is 5.56 Å². The second kappa shape index (κ2) is 4.20. The highest BCUT2D eigenvalue weighted by atomic mass is 15.2. The van der Waals surface area contributed by atoms with Crippen molar-refractivity contribution >= 4 is 6.20 Å². The second-order valence-electron chi connectivity index (χ2n) is 2.22. The first-order valence-corrected chi connectivity index (χ1v) is 3.53. The summed E-state index contributed by atoms with van der Waals surface area (Å²) in [6, 6.07) is 0. The number of rotatable bonds is 4. The van der Waals surface area contributed by atoms with Crippen LogP contribution in [0, 0.1) is 0 Å². The molecule has 1 aromatic heterocycles. The molecule has 0 N–H and O–H groups in total. The van der Waals surface area contributed by atoms with E-state index in [1.165, 1.54) is 0 Å². The van der Waals surface area contributed by atoms with Gasteiger partial charge in [0, 0.05) is 23.9 Å². The van der Waals surface area contributed by atoms with Gasteiger partial charge in [0.15, 0.2) is 0 Å². The highest BCUT2D eigenvalue weighted by Gasteiger charge is 1.93. The summed E-state index contributed by atoms with van der Waals surface area (Å²) >= 11 is 0. The first-order valence-electron chi connectivity index (χ1n) is 3.53. The van der Waals surface area contributed by atoms with Gasteiger partial charge in [-0.3, -0.25) is 0 Å². The smallest absolute Gasteiger partial charge is 0.0525 e. The Kier molecular flexibility index (Phi) is 2.93. The molecule has 0 bridgehead atoms. The summed E-state index contributed by atoms with van der Waals surface area (Å²) in [5, 5.41) is 7.40. The molecule has 12 heavy (non-hydrogen) atoms. The number of hydrogen-bond acceptors (Lipinski definition) is 2. The molecular weight excluding hydrogens is 154 g/mol. The maximum absolute atomic E-state index is 8.02. The summed E-state index contributed by atoms with van der Waals surface area (Å²) in [6.07, 6.45) is 5.91. The van der Waals surface area contributed by atoms with Crippen molar-refractivity contribution in [2.24, 2.45) is 5.11 Å². The molecule has 1 rings (SSSR count). The molecule has 0 unspecified atom stereocenters. The highest BCUT2D eigenvalue weighted by molar-refractivity contribution is 5.17. The van der Waals surface area contributed by atoms with Gasteiger partial charge >= 0.3 is 0 Å². The average molecular weight is 163 g/mol. The summed E-state index contributed by atoms with van der Waals surface area (Å²) < 4.78 is 1.62. The molecule has 0 aliphatic rings. The zero-order valence-electron chi connectivity index (χ0n) is 6.59. The fourth-order valence-corrected chi connectivity index (χ4v) is 0.830. The van der Waals surface area contributed by atoms with E-state index in [0.717, 1.165) is 12.0 Å². The lowest BCUT2D eigenvalue weighted by molar-refractivity contribution is 0.933. The van der Waals surface area contributed by atoms with Crippen molar-refractivity contribution in [3.05, 3.63) is 35.0 Å². The van der Waals surface area contributed by atoms with Gasteiger partial charge in [0.2, 0.25) is 0 Å². The van der Waals surface area contributed by atoms with Crippen LogP contribution < -0.4 is 0 Å². The highest BCUT2D eigenvalue weighted by Crippen LogP contribution is 1.98. The number of azide groups is 1. The number of aromatic nitrogens is 2. The van der Waals surface area contributed by atoms with Crippen LogP contribution in [0.2, 0.25) is 0 Å². The van der Waals surface area contributed by atoms with Crippen molar-refractivity contribution in [2.75, 3.05) is 6.54 Å².